The Morgan fingerprint density at radius 1 is 1.40 bits per heavy atom. The van der Waals surface area contributed by atoms with E-state index in [1.165, 1.54) is 32.1 Å². The molecule has 1 N–H and O–H groups in total. The number of aromatic nitrogens is 2. The third kappa shape index (κ3) is 3.83. The standard InChI is InChI=1S/C16H28N2O2/c1-3-10-18-11-9-17-15(18)12-14(19)16(20-2)13-7-5-4-6-8-13/h9,11,13-14,16,19H,3-8,10,12H2,1-2H3. The maximum atomic E-state index is 10.5. The van der Waals surface area contributed by atoms with Crippen molar-refractivity contribution in [1.29, 1.82) is 0 Å². The molecule has 0 bridgehead atoms. The van der Waals surface area contributed by atoms with Crippen LogP contribution in [0.3, 0.4) is 0 Å². The predicted molar refractivity (Wildman–Crippen MR) is 79.6 cm³/mol. The summed E-state index contributed by atoms with van der Waals surface area (Å²) in [5.41, 5.74) is 0. The zero-order valence-corrected chi connectivity index (χ0v) is 12.8. The zero-order chi connectivity index (χ0) is 14.4. The monoisotopic (exact) mass is 280 g/mol. The molecule has 0 saturated heterocycles. The van der Waals surface area contributed by atoms with Crippen LogP contribution in [-0.2, 0) is 17.7 Å². The van der Waals surface area contributed by atoms with Crippen molar-refractivity contribution in [2.45, 2.75) is 70.6 Å². The molecule has 1 aliphatic rings. The van der Waals surface area contributed by atoms with Crippen LogP contribution in [0.15, 0.2) is 12.4 Å². The second-order valence-electron chi connectivity index (χ2n) is 5.91. The summed E-state index contributed by atoms with van der Waals surface area (Å²) in [5.74, 6) is 1.47. The minimum atomic E-state index is -0.457. The Balaban J connectivity index is 1.97. The van der Waals surface area contributed by atoms with Gasteiger partial charge in [-0.2, -0.15) is 0 Å². The van der Waals surface area contributed by atoms with Crippen molar-refractivity contribution in [2.24, 2.45) is 5.92 Å². The molecule has 0 spiro atoms. The maximum Gasteiger partial charge on any atom is 0.111 e. The van der Waals surface area contributed by atoms with Crippen molar-refractivity contribution in [3.8, 4) is 0 Å². The zero-order valence-electron chi connectivity index (χ0n) is 12.8. The van der Waals surface area contributed by atoms with Gasteiger partial charge in [0.1, 0.15) is 5.82 Å². The molecule has 4 nitrogen and oxygen atoms in total. The summed E-state index contributed by atoms with van der Waals surface area (Å²) >= 11 is 0. The number of aliphatic hydroxyl groups is 1. The van der Waals surface area contributed by atoms with E-state index in [1.54, 1.807) is 7.11 Å². The van der Waals surface area contributed by atoms with Gasteiger partial charge < -0.3 is 14.4 Å². The average Bonchev–Trinajstić information content (AvgIpc) is 2.88. The first-order valence-electron chi connectivity index (χ1n) is 7.97. The highest BCUT2D eigenvalue weighted by molar-refractivity contribution is 4.96. The van der Waals surface area contributed by atoms with E-state index in [0.717, 1.165) is 18.8 Å². The second-order valence-corrected chi connectivity index (χ2v) is 5.91. The first kappa shape index (κ1) is 15.5. The van der Waals surface area contributed by atoms with Gasteiger partial charge in [-0.3, -0.25) is 0 Å². The highest BCUT2D eigenvalue weighted by Crippen LogP contribution is 2.30. The van der Waals surface area contributed by atoms with Crippen LogP contribution >= 0.6 is 0 Å². The Kier molecular flexibility index (Phi) is 6.05. The van der Waals surface area contributed by atoms with Gasteiger partial charge in [0, 0.05) is 32.5 Å². The molecule has 1 heterocycles. The Bertz CT molecular complexity index is 386. The van der Waals surface area contributed by atoms with Gasteiger partial charge >= 0.3 is 0 Å². The summed E-state index contributed by atoms with van der Waals surface area (Å²) in [5, 5.41) is 10.5. The van der Waals surface area contributed by atoms with Crippen molar-refractivity contribution in [1.82, 2.24) is 9.55 Å². The summed E-state index contributed by atoms with van der Waals surface area (Å²) in [6, 6.07) is 0. The number of hydrogen-bond donors (Lipinski definition) is 1. The lowest BCUT2D eigenvalue weighted by Crippen LogP contribution is -2.38. The Morgan fingerprint density at radius 3 is 2.80 bits per heavy atom. The second kappa shape index (κ2) is 7.79. The molecule has 1 fully saturated rings. The Hall–Kier alpha value is -0.870. The predicted octanol–water partition coefficient (Wildman–Crippen LogP) is 2.79. The smallest absolute Gasteiger partial charge is 0.111 e. The van der Waals surface area contributed by atoms with Gasteiger partial charge in [-0.25, -0.2) is 4.98 Å². The fourth-order valence-corrected chi connectivity index (χ4v) is 3.40. The van der Waals surface area contributed by atoms with Crippen LogP contribution < -0.4 is 0 Å². The van der Waals surface area contributed by atoms with Gasteiger partial charge in [0.15, 0.2) is 0 Å². The fourth-order valence-electron chi connectivity index (χ4n) is 3.40. The van der Waals surface area contributed by atoms with Gasteiger partial charge in [0.2, 0.25) is 0 Å². The number of methoxy groups -OCH3 is 1. The summed E-state index contributed by atoms with van der Waals surface area (Å²) < 4.78 is 7.75. The molecule has 1 aromatic heterocycles. The molecule has 0 radical (unpaired) electrons. The van der Waals surface area contributed by atoms with Gasteiger partial charge in [-0.1, -0.05) is 26.2 Å². The third-order valence-electron chi connectivity index (χ3n) is 4.42. The Labute approximate surface area is 122 Å². The van der Waals surface area contributed by atoms with Crippen molar-refractivity contribution in [2.75, 3.05) is 7.11 Å². The molecule has 1 saturated carbocycles. The highest BCUT2D eigenvalue weighted by Gasteiger charge is 2.30. The minimum absolute atomic E-state index is 0.0536. The van der Waals surface area contributed by atoms with Gasteiger partial charge in [0.05, 0.1) is 12.2 Å². The van der Waals surface area contributed by atoms with Crippen LogP contribution in [0.2, 0.25) is 0 Å². The lowest BCUT2D eigenvalue weighted by Gasteiger charge is -2.32. The fraction of sp³-hybridized carbons (Fsp3) is 0.812. The molecule has 2 atom stereocenters. The molecule has 0 aromatic carbocycles. The van der Waals surface area contributed by atoms with E-state index in [-0.39, 0.29) is 6.10 Å². The molecule has 2 rings (SSSR count). The summed E-state index contributed by atoms with van der Waals surface area (Å²) in [6.45, 7) is 3.11. The molecular formula is C16H28N2O2. The lowest BCUT2D eigenvalue weighted by molar-refractivity contribution is -0.0545. The molecule has 114 valence electrons. The molecule has 1 aliphatic carbocycles. The van der Waals surface area contributed by atoms with Crippen molar-refractivity contribution in [3.05, 3.63) is 18.2 Å². The van der Waals surface area contributed by atoms with Crippen LogP contribution in [-0.4, -0.2) is 34.0 Å². The van der Waals surface area contributed by atoms with Crippen LogP contribution in [0.1, 0.15) is 51.3 Å². The van der Waals surface area contributed by atoms with E-state index in [9.17, 15) is 5.11 Å². The van der Waals surface area contributed by atoms with Gasteiger partial charge in [-0.05, 0) is 25.2 Å². The van der Waals surface area contributed by atoms with E-state index in [1.807, 2.05) is 12.4 Å². The minimum Gasteiger partial charge on any atom is -0.390 e. The SMILES string of the molecule is CCCn1ccnc1CC(O)C(OC)C1CCCCC1. The lowest BCUT2D eigenvalue weighted by atomic mass is 9.82. The highest BCUT2D eigenvalue weighted by atomic mass is 16.5. The summed E-state index contributed by atoms with van der Waals surface area (Å²) in [7, 11) is 1.72. The summed E-state index contributed by atoms with van der Waals surface area (Å²) in [4.78, 5) is 4.38. The number of imidazole rings is 1. The number of hydrogen-bond acceptors (Lipinski definition) is 3. The summed E-state index contributed by atoms with van der Waals surface area (Å²) in [6.07, 6.45) is 11.2. The number of ether oxygens (including phenoxy) is 1. The van der Waals surface area contributed by atoms with Crippen molar-refractivity contribution < 1.29 is 9.84 Å². The van der Waals surface area contributed by atoms with Crippen molar-refractivity contribution in [3.63, 3.8) is 0 Å². The molecular weight excluding hydrogens is 252 g/mol. The average molecular weight is 280 g/mol. The third-order valence-corrected chi connectivity index (χ3v) is 4.42. The number of nitrogens with zero attached hydrogens (tertiary/aromatic N) is 2. The first-order chi connectivity index (χ1) is 9.76. The molecule has 0 amide bonds. The van der Waals surface area contributed by atoms with Crippen molar-refractivity contribution >= 4 is 0 Å². The van der Waals surface area contributed by atoms with Crippen LogP contribution in [0, 0.1) is 5.92 Å². The molecule has 0 aliphatic heterocycles. The van der Waals surface area contributed by atoms with Crippen LogP contribution in [0.4, 0.5) is 0 Å². The number of rotatable bonds is 7. The number of aliphatic hydroxyl groups excluding tert-OH is 1. The largest absolute Gasteiger partial charge is 0.390 e. The van der Waals surface area contributed by atoms with Crippen LogP contribution in [0.5, 0.6) is 0 Å². The number of aryl methyl sites for hydroxylation is 1. The van der Waals surface area contributed by atoms with E-state index < -0.39 is 6.10 Å². The quantitative estimate of drug-likeness (QED) is 0.835. The van der Waals surface area contributed by atoms with E-state index in [0.29, 0.717) is 12.3 Å². The Morgan fingerprint density at radius 2 is 2.15 bits per heavy atom. The topological polar surface area (TPSA) is 47.3 Å². The molecule has 4 heteroatoms. The van der Waals surface area contributed by atoms with E-state index >= 15 is 0 Å². The van der Waals surface area contributed by atoms with Gasteiger partial charge in [0.25, 0.3) is 0 Å². The maximum absolute atomic E-state index is 10.5. The van der Waals surface area contributed by atoms with E-state index in [4.69, 9.17) is 4.74 Å². The molecule has 1 aromatic rings. The first-order valence-corrected chi connectivity index (χ1v) is 7.97. The van der Waals surface area contributed by atoms with Crippen LogP contribution in [0.25, 0.3) is 0 Å². The van der Waals surface area contributed by atoms with E-state index in [2.05, 4.69) is 16.5 Å². The molecule has 2 unspecified atom stereocenters. The molecule has 20 heavy (non-hydrogen) atoms. The van der Waals surface area contributed by atoms with Gasteiger partial charge in [-0.15, -0.1) is 0 Å². The normalized spacial score (nSPS) is 19.9.